The first-order chi connectivity index (χ1) is 15.1. The van der Waals surface area contributed by atoms with Crippen LogP contribution in [0.4, 0.5) is 5.69 Å². The Bertz CT molecular complexity index is 1260. The molecule has 0 atom stereocenters. The lowest BCUT2D eigenvalue weighted by molar-refractivity contribution is -0.119. The van der Waals surface area contributed by atoms with Crippen molar-refractivity contribution in [3.8, 4) is 5.69 Å². The lowest BCUT2D eigenvalue weighted by Crippen LogP contribution is -2.39. The van der Waals surface area contributed by atoms with Crippen LogP contribution in [0.3, 0.4) is 0 Å². The summed E-state index contributed by atoms with van der Waals surface area (Å²) < 4.78 is 28.4. The molecule has 0 unspecified atom stereocenters. The van der Waals surface area contributed by atoms with E-state index in [1.807, 2.05) is 32.0 Å². The number of aromatic nitrogens is 1. The first kappa shape index (κ1) is 23.7. The fraction of sp³-hybridized carbons (Fsp3) is 0.217. The third-order valence-corrected chi connectivity index (χ3v) is 6.69. The minimum absolute atomic E-state index is 0.375. The number of hydrogen-bond donors (Lipinski definition) is 1. The predicted molar refractivity (Wildman–Crippen MR) is 132 cm³/mol. The van der Waals surface area contributed by atoms with Crippen LogP contribution in [0.2, 0.25) is 0 Å². The van der Waals surface area contributed by atoms with Gasteiger partial charge in [0.25, 0.3) is 5.91 Å². The number of rotatable bonds is 7. The highest BCUT2D eigenvalue weighted by molar-refractivity contribution is 9.10. The van der Waals surface area contributed by atoms with Crippen LogP contribution in [0.25, 0.3) is 5.69 Å². The number of sulfonamides is 1. The largest absolute Gasteiger partial charge is 0.318 e. The van der Waals surface area contributed by atoms with Crippen molar-refractivity contribution in [1.29, 1.82) is 0 Å². The first-order valence-corrected chi connectivity index (χ1v) is 12.5. The summed E-state index contributed by atoms with van der Waals surface area (Å²) in [7, 11) is -3.64. The number of nitrogens with zero attached hydrogens (tertiary/aromatic N) is 3. The Morgan fingerprint density at radius 3 is 2.41 bits per heavy atom. The maximum atomic E-state index is 12.4. The molecule has 0 fully saturated rings. The second kappa shape index (κ2) is 9.70. The Hall–Kier alpha value is -2.91. The van der Waals surface area contributed by atoms with Crippen molar-refractivity contribution in [3.63, 3.8) is 0 Å². The van der Waals surface area contributed by atoms with Crippen LogP contribution in [0.5, 0.6) is 0 Å². The van der Waals surface area contributed by atoms with Gasteiger partial charge in [-0.3, -0.25) is 9.10 Å². The SMILES string of the molecule is Cc1ccccc1-n1c(C)cc(/C=N\NC(=O)CN(c2ccc(Br)cc2)S(C)(=O)=O)c1C. The highest BCUT2D eigenvalue weighted by Gasteiger charge is 2.20. The number of benzene rings is 2. The van der Waals surface area contributed by atoms with Crippen molar-refractivity contribution >= 4 is 43.8 Å². The first-order valence-electron chi connectivity index (χ1n) is 9.88. The zero-order chi connectivity index (χ0) is 23.5. The molecular formula is C23H25BrN4O3S. The van der Waals surface area contributed by atoms with Gasteiger partial charge in [0.2, 0.25) is 10.0 Å². The monoisotopic (exact) mass is 516 g/mol. The second-order valence-corrected chi connectivity index (χ2v) is 10.3. The molecule has 1 amide bonds. The van der Waals surface area contributed by atoms with E-state index in [0.29, 0.717) is 5.69 Å². The van der Waals surface area contributed by atoms with Gasteiger partial charge in [-0.2, -0.15) is 5.10 Å². The fourth-order valence-electron chi connectivity index (χ4n) is 3.45. The molecule has 0 saturated heterocycles. The van der Waals surface area contributed by atoms with E-state index in [4.69, 9.17) is 0 Å². The molecule has 0 aliphatic heterocycles. The second-order valence-electron chi connectivity index (χ2n) is 7.49. The molecule has 0 saturated carbocycles. The Kier molecular flexibility index (Phi) is 7.20. The van der Waals surface area contributed by atoms with E-state index in [0.717, 1.165) is 43.2 Å². The zero-order valence-corrected chi connectivity index (χ0v) is 20.7. The average Bonchev–Trinajstić information content (AvgIpc) is 3.00. The van der Waals surface area contributed by atoms with E-state index in [2.05, 4.69) is 50.1 Å². The van der Waals surface area contributed by atoms with Crippen LogP contribution in [0, 0.1) is 20.8 Å². The Morgan fingerprint density at radius 2 is 1.78 bits per heavy atom. The van der Waals surface area contributed by atoms with E-state index >= 15 is 0 Å². The summed E-state index contributed by atoms with van der Waals surface area (Å²) >= 11 is 3.32. The molecular weight excluding hydrogens is 492 g/mol. The quantitative estimate of drug-likeness (QED) is 0.379. The van der Waals surface area contributed by atoms with Crippen LogP contribution < -0.4 is 9.73 Å². The van der Waals surface area contributed by atoms with E-state index < -0.39 is 15.9 Å². The fourth-order valence-corrected chi connectivity index (χ4v) is 4.57. The van der Waals surface area contributed by atoms with Gasteiger partial charge in [0.05, 0.1) is 18.2 Å². The molecule has 0 spiro atoms. The van der Waals surface area contributed by atoms with Gasteiger partial charge in [-0.25, -0.2) is 13.8 Å². The molecule has 0 radical (unpaired) electrons. The summed E-state index contributed by atoms with van der Waals surface area (Å²) in [6, 6.07) is 16.8. The molecule has 7 nitrogen and oxygen atoms in total. The minimum Gasteiger partial charge on any atom is -0.318 e. The zero-order valence-electron chi connectivity index (χ0n) is 18.3. The summed E-state index contributed by atoms with van der Waals surface area (Å²) in [5.74, 6) is -0.540. The number of para-hydroxylation sites is 1. The highest BCUT2D eigenvalue weighted by atomic mass is 79.9. The minimum atomic E-state index is -3.64. The number of amides is 1. The standard InChI is InChI=1S/C23H25BrN4O3S/c1-16-7-5-6-8-22(16)28-17(2)13-19(18(28)3)14-25-26-23(29)15-27(32(4,30)31)21-11-9-20(24)10-12-21/h5-14H,15H2,1-4H3,(H,26,29)/b25-14-. The van der Waals surface area contributed by atoms with E-state index in [1.165, 1.54) is 0 Å². The van der Waals surface area contributed by atoms with E-state index in [1.54, 1.807) is 30.5 Å². The average molecular weight is 517 g/mol. The molecule has 3 rings (SSSR count). The Labute approximate surface area is 196 Å². The number of hydrazone groups is 1. The smallest absolute Gasteiger partial charge is 0.260 e. The molecule has 0 aliphatic rings. The molecule has 2 aromatic carbocycles. The Balaban J connectivity index is 1.74. The number of nitrogens with one attached hydrogen (secondary N) is 1. The van der Waals surface area contributed by atoms with Crippen LogP contribution in [-0.2, 0) is 14.8 Å². The van der Waals surface area contributed by atoms with Gasteiger partial charge in [0.1, 0.15) is 6.54 Å². The summed E-state index contributed by atoms with van der Waals surface area (Å²) in [6.45, 7) is 5.68. The molecule has 1 aromatic heterocycles. The van der Waals surface area contributed by atoms with Crippen molar-refractivity contribution < 1.29 is 13.2 Å². The summed E-state index contributed by atoms with van der Waals surface area (Å²) in [6.07, 6.45) is 2.63. The van der Waals surface area contributed by atoms with Gasteiger partial charge in [0, 0.05) is 27.1 Å². The van der Waals surface area contributed by atoms with Crippen LogP contribution >= 0.6 is 15.9 Å². The molecule has 1 heterocycles. The summed E-state index contributed by atoms with van der Waals surface area (Å²) in [5, 5.41) is 4.05. The molecule has 32 heavy (non-hydrogen) atoms. The predicted octanol–water partition coefficient (Wildman–Crippen LogP) is 4.08. The molecule has 3 aromatic rings. The third-order valence-electron chi connectivity index (χ3n) is 5.02. The van der Waals surface area contributed by atoms with Crippen LogP contribution in [0.1, 0.15) is 22.5 Å². The lowest BCUT2D eigenvalue weighted by Gasteiger charge is -2.21. The van der Waals surface area contributed by atoms with Crippen molar-refractivity contribution in [2.45, 2.75) is 20.8 Å². The number of hydrogen-bond acceptors (Lipinski definition) is 4. The van der Waals surface area contributed by atoms with Crippen molar-refractivity contribution in [3.05, 3.63) is 81.6 Å². The Morgan fingerprint density at radius 1 is 1.12 bits per heavy atom. The molecule has 0 aliphatic carbocycles. The van der Waals surface area contributed by atoms with E-state index in [-0.39, 0.29) is 6.54 Å². The number of carbonyl (C=O) groups excluding carboxylic acids is 1. The van der Waals surface area contributed by atoms with Gasteiger partial charge >= 0.3 is 0 Å². The van der Waals surface area contributed by atoms with Crippen molar-refractivity contribution in [1.82, 2.24) is 9.99 Å². The van der Waals surface area contributed by atoms with Gasteiger partial charge < -0.3 is 4.57 Å². The molecule has 0 bridgehead atoms. The normalized spacial score (nSPS) is 11.7. The number of carbonyl (C=O) groups is 1. The number of halogens is 1. The van der Waals surface area contributed by atoms with Crippen LogP contribution in [0.15, 0.2) is 64.2 Å². The van der Waals surface area contributed by atoms with Gasteiger partial charge in [-0.05, 0) is 62.7 Å². The molecule has 1 N–H and O–H groups in total. The lowest BCUT2D eigenvalue weighted by atomic mass is 10.2. The molecule has 168 valence electrons. The summed E-state index contributed by atoms with van der Waals surface area (Å²) in [5.41, 5.74) is 7.96. The van der Waals surface area contributed by atoms with Gasteiger partial charge in [0.15, 0.2) is 0 Å². The third kappa shape index (κ3) is 5.46. The van der Waals surface area contributed by atoms with Crippen LogP contribution in [-0.4, -0.2) is 37.9 Å². The summed E-state index contributed by atoms with van der Waals surface area (Å²) in [4.78, 5) is 12.4. The number of anilines is 1. The number of aryl methyl sites for hydroxylation is 2. The van der Waals surface area contributed by atoms with Gasteiger partial charge in [-0.1, -0.05) is 34.1 Å². The maximum Gasteiger partial charge on any atom is 0.260 e. The highest BCUT2D eigenvalue weighted by Crippen LogP contribution is 2.22. The van der Waals surface area contributed by atoms with Gasteiger partial charge in [-0.15, -0.1) is 0 Å². The topological polar surface area (TPSA) is 83.8 Å². The van der Waals surface area contributed by atoms with Crippen molar-refractivity contribution in [2.24, 2.45) is 5.10 Å². The maximum absolute atomic E-state index is 12.4. The van der Waals surface area contributed by atoms with E-state index in [9.17, 15) is 13.2 Å². The van der Waals surface area contributed by atoms with Crippen molar-refractivity contribution in [2.75, 3.05) is 17.1 Å². The molecule has 9 heteroatoms.